The van der Waals surface area contributed by atoms with E-state index in [2.05, 4.69) is 40.5 Å². The van der Waals surface area contributed by atoms with Crippen molar-refractivity contribution in [3.8, 4) is 0 Å². The third-order valence-corrected chi connectivity index (χ3v) is 3.30. The first kappa shape index (κ1) is 12.6. The highest BCUT2D eigenvalue weighted by molar-refractivity contribution is 5.14. The first-order chi connectivity index (χ1) is 8.38. The molecule has 0 aromatic heterocycles. The first-order valence-corrected chi connectivity index (χ1v) is 6.49. The van der Waals surface area contributed by atoms with Gasteiger partial charge in [-0.1, -0.05) is 30.3 Å². The summed E-state index contributed by atoms with van der Waals surface area (Å²) in [5, 5.41) is 12.2. The lowest BCUT2D eigenvalue weighted by Crippen LogP contribution is -2.46. The van der Waals surface area contributed by atoms with E-state index in [1.165, 1.54) is 24.9 Å². The van der Waals surface area contributed by atoms with Gasteiger partial charge < -0.3 is 10.4 Å². The van der Waals surface area contributed by atoms with Gasteiger partial charge in [0, 0.05) is 25.7 Å². The second-order valence-corrected chi connectivity index (χ2v) is 4.74. The largest absolute Gasteiger partial charge is 0.395 e. The number of aliphatic hydroxyl groups excluding tert-OH is 1. The van der Waals surface area contributed by atoms with Crippen molar-refractivity contribution in [3.63, 3.8) is 0 Å². The molecule has 2 N–H and O–H groups in total. The predicted molar refractivity (Wildman–Crippen MR) is 69.8 cm³/mol. The molecule has 0 aliphatic carbocycles. The fourth-order valence-corrected chi connectivity index (χ4v) is 2.48. The van der Waals surface area contributed by atoms with Crippen LogP contribution < -0.4 is 5.32 Å². The fourth-order valence-electron chi connectivity index (χ4n) is 2.48. The highest BCUT2D eigenvalue weighted by Gasteiger charge is 2.18. The first-order valence-electron chi connectivity index (χ1n) is 6.49. The summed E-state index contributed by atoms with van der Waals surface area (Å²) in [6.07, 6.45) is 2.47. The van der Waals surface area contributed by atoms with Crippen molar-refractivity contribution in [2.45, 2.75) is 25.4 Å². The van der Waals surface area contributed by atoms with Crippen molar-refractivity contribution >= 4 is 0 Å². The quantitative estimate of drug-likeness (QED) is 0.804. The van der Waals surface area contributed by atoms with Crippen molar-refractivity contribution in [3.05, 3.63) is 35.9 Å². The number of benzene rings is 1. The van der Waals surface area contributed by atoms with Crippen LogP contribution in [-0.4, -0.2) is 42.3 Å². The number of likely N-dealkylation sites (tertiary alicyclic amines) is 1. The Morgan fingerprint density at radius 2 is 2.12 bits per heavy atom. The number of nitrogens with zero attached hydrogens (tertiary/aromatic N) is 1. The Labute approximate surface area is 103 Å². The van der Waals surface area contributed by atoms with Gasteiger partial charge in [0.25, 0.3) is 0 Å². The smallest absolute Gasteiger partial charge is 0.0556 e. The van der Waals surface area contributed by atoms with Gasteiger partial charge in [-0.3, -0.25) is 4.90 Å². The summed E-state index contributed by atoms with van der Waals surface area (Å²) in [6.45, 7) is 4.26. The SMILES string of the molecule is OCCN[C@@H]1CCCN(Cc2ccccc2)C1. The van der Waals surface area contributed by atoms with Crippen LogP contribution in [0.3, 0.4) is 0 Å². The molecule has 3 heteroatoms. The third kappa shape index (κ3) is 4.11. The molecular formula is C14H22N2O. The Morgan fingerprint density at radius 3 is 2.88 bits per heavy atom. The van der Waals surface area contributed by atoms with Gasteiger partial charge in [0.15, 0.2) is 0 Å². The molecule has 0 spiro atoms. The molecule has 0 unspecified atom stereocenters. The van der Waals surface area contributed by atoms with E-state index in [-0.39, 0.29) is 6.61 Å². The Morgan fingerprint density at radius 1 is 1.29 bits per heavy atom. The fraction of sp³-hybridized carbons (Fsp3) is 0.571. The zero-order valence-corrected chi connectivity index (χ0v) is 10.3. The monoisotopic (exact) mass is 234 g/mol. The number of aliphatic hydroxyl groups is 1. The Kier molecular flexibility index (Phi) is 4.98. The normalized spacial score (nSPS) is 21.6. The lowest BCUT2D eigenvalue weighted by molar-refractivity contribution is 0.177. The van der Waals surface area contributed by atoms with Crippen LogP contribution in [0.4, 0.5) is 0 Å². The van der Waals surface area contributed by atoms with Crippen LogP contribution in [0.1, 0.15) is 18.4 Å². The lowest BCUT2D eigenvalue weighted by Gasteiger charge is -2.33. The molecule has 1 heterocycles. The van der Waals surface area contributed by atoms with E-state index in [9.17, 15) is 0 Å². The van der Waals surface area contributed by atoms with Crippen molar-refractivity contribution < 1.29 is 5.11 Å². The van der Waals surface area contributed by atoms with E-state index in [1.807, 2.05) is 0 Å². The van der Waals surface area contributed by atoms with Gasteiger partial charge in [-0.25, -0.2) is 0 Å². The van der Waals surface area contributed by atoms with Crippen LogP contribution in [0.2, 0.25) is 0 Å². The minimum atomic E-state index is 0.231. The van der Waals surface area contributed by atoms with E-state index in [1.54, 1.807) is 0 Å². The molecule has 1 aliphatic rings. The highest BCUT2D eigenvalue weighted by atomic mass is 16.3. The molecule has 0 amide bonds. The van der Waals surface area contributed by atoms with Gasteiger partial charge in [-0.15, -0.1) is 0 Å². The van der Waals surface area contributed by atoms with Crippen LogP contribution in [0, 0.1) is 0 Å². The molecule has 2 rings (SSSR count). The zero-order valence-electron chi connectivity index (χ0n) is 10.3. The van der Waals surface area contributed by atoms with E-state index >= 15 is 0 Å². The van der Waals surface area contributed by atoms with E-state index < -0.39 is 0 Å². The number of nitrogens with one attached hydrogen (secondary N) is 1. The van der Waals surface area contributed by atoms with Crippen LogP contribution >= 0.6 is 0 Å². The second-order valence-electron chi connectivity index (χ2n) is 4.74. The predicted octanol–water partition coefficient (Wildman–Crippen LogP) is 1.23. The van der Waals surface area contributed by atoms with Gasteiger partial charge >= 0.3 is 0 Å². The maximum Gasteiger partial charge on any atom is 0.0556 e. The maximum absolute atomic E-state index is 8.82. The van der Waals surface area contributed by atoms with Crippen molar-refractivity contribution in [2.24, 2.45) is 0 Å². The Hall–Kier alpha value is -0.900. The molecule has 1 aromatic rings. The van der Waals surface area contributed by atoms with Crippen molar-refractivity contribution in [1.82, 2.24) is 10.2 Å². The van der Waals surface area contributed by atoms with Gasteiger partial charge in [-0.05, 0) is 24.9 Å². The summed E-state index contributed by atoms with van der Waals surface area (Å²) in [5.74, 6) is 0. The number of rotatable bonds is 5. The molecule has 0 saturated carbocycles. The van der Waals surface area contributed by atoms with Gasteiger partial charge in [0.05, 0.1) is 6.61 Å². The van der Waals surface area contributed by atoms with Crippen LogP contribution in [0.5, 0.6) is 0 Å². The lowest BCUT2D eigenvalue weighted by atomic mass is 10.0. The Bertz CT molecular complexity index is 315. The van der Waals surface area contributed by atoms with Crippen LogP contribution in [0.15, 0.2) is 30.3 Å². The summed E-state index contributed by atoms with van der Waals surface area (Å²) in [6, 6.07) is 11.2. The molecule has 0 radical (unpaired) electrons. The summed E-state index contributed by atoms with van der Waals surface area (Å²) in [4.78, 5) is 2.49. The zero-order chi connectivity index (χ0) is 11.9. The number of hydrogen-bond acceptors (Lipinski definition) is 3. The highest BCUT2D eigenvalue weighted by Crippen LogP contribution is 2.13. The molecule has 1 aliphatic heterocycles. The van der Waals surface area contributed by atoms with Crippen molar-refractivity contribution in [1.29, 1.82) is 0 Å². The van der Waals surface area contributed by atoms with Gasteiger partial charge in [0.2, 0.25) is 0 Å². The van der Waals surface area contributed by atoms with Crippen molar-refractivity contribution in [2.75, 3.05) is 26.2 Å². The van der Waals surface area contributed by atoms with Gasteiger partial charge in [0.1, 0.15) is 0 Å². The Balaban J connectivity index is 1.81. The summed E-state index contributed by atoms with van der Waals surface area (Å²) in [5.41, 5.74) is 1.38. The average Bonchev–Trinajstić information content (AvgIpc) is 2.38. The summed E-state index contributed by atoms with van der Waals surface area (Å²) in [7, 11) is 0. The third-order valence-electron chi connectivity index (χ3n) is 3.30. The van der Waals surface area contributed by atoms with E-state index in [4.69, 9.17) is 5.11 Å². The van der Waals surface area contributed by atoms with E-state index in [0.29, 0.717) is 12.6 Å². The van der Waals surface area contributed by atoms with Crippen LogP contribution in [0.25, 0.3) is 0 Å². The maximum atomic E-state index is 8.82. The molecule has 1 aromatic carbocycles. The van der Waals surface area contributed by atoms with E-state index in [0.717, 1.165) is 13.1 Å². The summed E-state index contributed by atoms with van der Waals surface area (Å²) < 4.78 is 0. The number of piperidine rings is 1. The molecular weight excluding hydrogens is 212 g/mol. The summed E-state index contributed by atoms with van der Waals surface area (Å²) >= 11 is 0. The number of hydrogen-bond donors (Lipinski definition) is 2. The minimum absolute atomic E-state index is 0.231. The average molecular weight is 234 g/mol. The molecule has 1 saturated heterocycles. The molecule has 94 valence electrons. The van der Waals surface area contributed by atoms with Crippen LogP contribution in [-0.2, 0) is 6.54 Å². The molecule has 1 atom stereocenters. The molecule has 0 bridgehead atoms. The molecule has 3 nitrogen and oxygen atoms in total. The second kappa shape index (κ2) is 6.74. The molecule has 1 fully saturated rings. The topological polar surface area (TPSA) is 35.5 Å². The minimum Gasteiger partial charge on any atom is -0.395 e. The standard InChI is InChI=1S/C14H22N2O/c17-10-8-15-14-7-4-9-16(12-14)11-13-5-2-1-3-6-13/h1-3,5-6,14-15,17H,4,7-12H2/t14-/m1/s1. The van der Waals surface area contributed by atoms with Gasteiger partial charge in [-0.2, -0.15) is 0 Å². The molecule has 17 heavy (non-hydrogen) atoms.